The number of phenols is 1. The molecule has 0 heterocycles. The Balaban J connectivity index is 2.06. The SMILES string of the molecule is CCc1ccc(OC(C)Oc2cccc(C(=O)O)c2O)cc1. The number of aromatic carboxylic acids is 1. The Morgan fingerprint density at radius 3 is 2.41 bits per heavy atom. The summed E-state index contributed by atoms with van der Waals surface area (Å²) < 4.78 is 11.1. The van der Waals surface area contributed by atoms with Crippen LogP contribution in [0.15, 0.2) is 42.5 Å². The summed E-state index contributed by atoms with van der Waals surface area (Å²) in [5, 5.41) is 18.8. The van der Waals surface area contributed by atoms with Gasteiger partial charge in [0.1, 0.15) is 11.3 Å². The fourth-order valence-corrected chi connectivity index (χ4v) is 1.99. The van der Waals surface area contributed by atoms with Crippen LogP contribution in [0.5, 0.6) is 17.2 Å². The summed E-state index contributed by atoms with van der Waals surface area (Å²) in [5.41, 5.74) is 0.990. The first-order valence-corrected chi connectivity index (χ1v) is 6.98. The highest BCUT2D eigenvalue weighted by atomic mass is 16.7. The molecule has 0 spiro atoms. The molecule has 0 amide bonds. The second kappa shape index (κ2) is 6.85. The van der Waals surface area contributed by atoms with Crippen LogP contribution in [0.1, 0.15) is 29.8 Å². The van der Waals surface area contributed by atoms with Crippen molar-refractivity contribution in [3.05, 3.63) is 53.6 Å². The average molecular weight is 302 g/mol. The lowest BCUT2D eigenvalue weighted by Gasteiger charge is -2.18. The maximum Gasteiger partial charge on any atom is 0.339 e. The minimum absolute atomic E-state index is 0.0672. The predicted molar refractivity (Wildman–Crippen MR) is 81.6 cm³/mol. The third-order valence-corrected chi connectivity index (χ3v) is 3.16. The molecule has 0 aliphatic carbocycles. The van der Waals surface area contributed by atoms with E-state index in [-0.39, 0.29) is 11.3 Å². The van der Waals surface area contributed by atoms with Crippen molar-refractivity contribution in [2.24, 2.45) is 0 Å². The molecule has 0 aromatic heterocycles. The first kappa shape index (κ1) is 15.7. The molecule has 0 fully saturated rings. The standard InChI is InChI=1S/C17H18O5/c1-3-12-7-9-13(10-8-12)21-11(2)22-15-6-4-5-14(16(15)18)17(19)20/h4-11,18H,3H2,1-2H3,(H,19,20). The Bertz CT molecular complexity index is 649. The Morgan fingerprint density at radius 2 is 1.82 bits per heavy atom. The second-order valence-corrected chi connectivity index (χ2v) is 4.76. The Kier molecular flexibility index (Phi) is 4.88. The van der Waals surface area contributed by atoms with Gasteiger partial charge in [0.2, 0.25) is 6.29 Å². The second-order valence-electron chi connectivity index (χ2n) is 4.76. The highest BCUT2D eigenvalue weighted by Gasteiger charge is 2.16. The van der Waals surface area contributed by atoms with E-state index in [0.29, 0.717) is 5.75 Å². The monoisotopic (exact) mass is 302 g/mol. The van der Waals surface area contributed by atoms with E-state index in [4.69, 9.17) is 14.6 Å². The summed E-state index contributed by atoms with van der Waals surface area (Å²) >= 11 is 0. The van der Waals surface area contributed by atoms with Crippen LogP contribution in [-0.4, -0.2) is 22.5 Å². The molecular formula is C17H18O5. The molecule has 0 aliphatic heterocycles. The predicted octanol–water partition coefficient (Wildman–Crippen LogP) is 3.46. The quantitative estimate of drug-likeness (QED) is 0.799. The van der Waals surface area contributed by atoms with E-state index in [1.165, 1.54) is 23.8 Å². The van der Waals surface area contributed by atoms with E-state index in [9.17, 15) is 9.90 Å². The number of rotatable bonds is 6. The van der Waals surface area contributed by atoms with E-state index in [2.05, 4.69) is 6.92 Å². The summed E-state index contributed by atoms with van der Waals surface area (Å²) in [6.07, 6.45) is 0.268. The molecule has 5 nitrogen and oxygen atoms in total. The van der Waals surface area contributed by atoms with Gasteiger partial charge in [-0.2, -0.15) is 0 Å². The van der Waals surface area contributed by atoms with Crippen LogP contribution in [0.3, 0.4) is 0 Å². The van der Waals surface area contributed by atoms with Crippen molar-refractivity contribution in [3.63, 3.8) is 0 Å². The molecule has 0 radical (unpaired) electrons. The zero-order valence-corrected chi connectivity index (χ0v) is 12.4. The molecule has 1 unspecified atom stereocenters. The molecule has 2 N–H and O–H groups in total. The van der Waals surface area contributed by atoms with Crippen molar-refractivity contribution in [1.29, 1.82) is 0 Å². The zero-order chi connectivity index (χ0) is 16.1. The van der Waals surface area contributed by atoms with Gasteiger partial charge in [-0.05, 0) is 36.2 Å². The minimum atomic E-state index is -1.22. The average Bonchev–Trinajstić information content (AvgIpc) is 2.50. The lowest BCUT2D eigenvalue weighted by atomic mass is 10.2. The number of benzene rings is 2. The van der Waals surface area contributed by atoms with Gasteiger partial charge >= 0.3 is 5.97 Å². The third-order valence-electron chi connectivity index (χ3n) is 3.16. The van der Waals surface area contributed by atoms with Crippen LogP contribution in [0.4, 0.5) is 0 Å². The molecule has 2 rings (SSSR count). The smallest absolute Gasteiger partial charge is 0.339 e. The van der Waals surface area contributed by atoms with Gasteiger partial charge in [-0.3, -0.25) is 0 Å². The lowest BCUT2D eigenvalue weighted by molar-refractivity contribution is 0.0200. The van der Waals surface area contributed by atoms with Gasteiger partial charge in [0.15, 0.2) is 11.5 Å². The van der Waals surface area contributed by atoms with Crippen molar-refractivity contribution >= 4 is 5.97 Å². The number of hydrogen-bond acceptors (Lipinski definition) is 4. The molecule has 0 aliphatic rings. The van der Waals surface area contributed by atoms with Crippen LogP contribution in [0.25, 0.3) is 0 Å². The van der Waals surface area contributed by atoms with Gasteiger partial charge in [-0.15, -0.1) is 0 Å². The fraction of sp³-hybridized carbons (Fsp3) is 0.235. The number of ether oxygens (including phenoxy) is 2. The van der Waals surface area contributed by atoms with Crippen molar-refractivity contribution in [2.45, 2.75) is 26.6 Å². The van der Waals surface area contributed by atoms with Crippen molar-refractivity contribution in [2.75, 3.05) is 0 Å². The molecule has 2 aromatic rings. The molecule has 5 heteroatoms. The number of aromatic hydroxyl groups is 1. The fourth-order valence-electron chi connectivity index (χ4n) is 1.99. The van der Waals surface area contributed by atoms with Gasteiger partial charge in [0.05, 0.1) is 0 Å². The minimum Gasteiger partial charge on any atom is -0.504 e. The van der Waals surface area contributed by atoms with E-state index >= 15 is 0 Å². The Labute approximate surface area is 128 Å². The number of aryl methyl sites for hydroxylation is 1. The zero-order valence-electron chi connectivity index (χ0n) is 12.4. The topological polar surface area (TPSA) is 76.0 Å². The molecule has 116 valence electrons. The highest BCUT2D eigenvalue weighted by molar-refractivity contribution is 5.91. The van der Waals surface area contributed by atoms with Crippen molar-refractivity contribution in [3.8, 4) is 17.2 Å². The number of carbonyl (C=O) groups is 1. The van der Waals surface area contributed by atoms with E-state index in [1.54, 1.807) is 6.92 Å². The van der Waals surface area contributed by atoms with Crippen LogP contribution in [-0.2, 0) is 6.42 Å². The summed E-state index contributed by atoms with van der Waals surface area (Å²) in [6, 6.07) is 11.9. The summed E-state index contributed by atoms with van der Waals surface area (Å²) in [5.74, 6) is -0.922. The van der Waals surface area contributed by atoms with Crippen molar-refractivity contribution < 1.29 is 24.5 Å². The number of carboxylic acids is 1. The molecule has 0 bridgehead atoms. The van der Waals surface area contributed by atoms with E-state index < -0.39 is 18.0 Å². The number of carboxylic acid groups (broad SMARTS) is 1. The molecule has 1 atom stereocenters. The first-order chi connectivity index (χ1) is 10.5. The van der Waals surface area contributed by atoms with Crippen LogP contribution < -0.4 is 9.47 Å². The Hall–Kier alpha value is -2.69. The van der Waals surface area contributed by atoms with Gasteiger partial charge in [-0.1, -0.05) is 25.1 Å². The molecule has 0 saturated carbocycles. The molecular weight excluding hydrogens is 284 g/mol. The van der Waals surface area contributed by atoms with E-state index in [0.717, 1.165) is 6.42 Å². The molecule has 22 heavy (non-hydrogen) atoms. The first-order valence-electron chi connectivity index (χ1n) is 6.98. The van der Waals surface area contributed by atoms with Gasteiger partial charge in [0.25, 0.3) is 0 Å². The Morgan fingerprint density at radius 1 is 1.14 bits per heavy atom. The van der Waals surface area contributed by atoms with Gasteiger partial charge in [-0.25, -0.2) is 4.79 Å². The third kappa shape index (κ3) is 3.69. The largest absolute Gasteiger partial charge is 0.504 e. The molecule has 2 aromatic carbocycles. The van der Waals surface area contributed by atoms with E-state index in [1.807, 2.05) is 24.3 Å². The van der Waals surface area contributed by atoms with Crippen LogP contribution in [0, 0.1) is 0 Å². The maximum atomic E-state index is 11.0. The lowest BCUT2D eigenvalue weighted by Crippen LogP contribution is -2.19. The van der Waals surface area contributed by atoms with Gasteiger partial charge < -0.3 is 19.7 Å². The van der Waals surface area contributed by atoms with Crippen LogP contribution in [0.2, 0.25) is 0 Å². The number of para-hydroxylation sites is 1. The highest BCUT2D eigenvalue weighted by Crippen LogP contribution is 2.30. The summed E-state index contributed by atoms with van der Waals surface area (Å²) in [7, 11) is 0. The van der Waals surface area contributed by atoms with Crippen molar-refractivity contribution in [1.82, 2.24) is 0 Å². The normalized spacial score (nSPS) is 11.7. The number of hydrogen-bond donors (Lipinski definition) is 2. The van der Waals surface area contributed by atoms with Crippen LogP contribution >= 0.6 is 0 Å². The maximum absolute atomic E-state index is 11.0. The summed E-state index contributed by atoms with van der Waals surface area (Å²) in [6.45, 7) is 3.74. The molecule has 0 saturated heterocycles. The summed E-state index contributed by atoms with van der Waals surface area (Å²) in [4.78, 5) is 11.0. The van der Waals surface area contributed by atoms with Gasteiger partial charge in [0, 0.05) is 6.92 Å².